The van der Waals surface area contributed by atoms with Crippen LogP contribution in [-0.2, 0) is 4.79 Å². The first-order valence-electron chi connectivity index (χ1n) is 14.0. The number of hydrogen-bond donors (Lipinski definition) is 4. The summed E-state index contributed by atoms with van der Waals surface area (Å²) < 4.78 is 29.1. The topological polar surface area (TPSA) is 115 Å². The van der Waals surface area contributed by atoms with Gasteiger partial charge in [-0.3, -0.25) is 4.79 Å². The van der Waals surface area contributed by atoms with Gasteiger partial charge in [0.05, 0.1) is 23.9 Å². The van der Waals surface area contributed by atoms with E-state index in [4.69, 9.17) is 4.99 Å². The fourth-order valence-electron chi connectivity index (χ4n) is 6.82. The van der Waals surface area contributed by atoms with Crippen LogP contribution in [0.3, 0.4) is 0 Å². The van der Waals surface area contributed by atoms with Crippen molar-refractivity contribution in [2.45, 2.75) is 49.2 Å². The highest BCUT2D eigenvalue weighted by Gasteiger charge is 2.75. The van der Waals surface area contributed by atoms with Gasteiger partial charge in [0, 0.05) is 37.5 Å². The number of aliphatic hydroxyl groups is 2. The second kappa shape index (κ2) is 9.64. The first-order valence-corrected chi connectivity index (χ1v) is 14.0. The lowest BCUT2D eigenvalue weighted by atomic mass is 9.98. The van der Waals surface area contributed by atoms with Gasteiger partial charge in [-0.1, -0.05) is 36.3 Å². The summed E-state index contributed by atoms with van der Waals surface area (Å²) in [5.74, 6) is 4.96. The predicted octanol–water partition coefficient (Wildman–Crippen LogP) is 1.91. The summed E-state index contributed by atoms with van der Waals surface area (Å²) in [5, 5.41) is 28.3. The fraction of sp³-hybridized carbons (Fsp3) is 0.387. The number of anilines is 1. The molecule has 0 bridgehead atoms. The zero-order chi connectivity index (χ0) is 29.3. The molecule has 0 saturated heterocycles. The molecule has 9 nitrogen and oxygen atoms in total. The van der Waals surface area contributed by atoms with Crippen LogP contribution in [0.2, 0.25) is 0 Å². The summed E-state index contributed by atoms with van der Waals surface area (Å²) in [5.41, 5.74) is 1.06. The van der Waals surface area contributed by atoms with Gasteiger partial charge in [0.15, 0.2) is 23.6 Å². The molecule has 3 saturated carbocycles. The van der Waals surface area contributed by atoms with Gasteiger partial charge in [-0.15, -0.1) is 0 Å². The van der Waals surface area contributed by atoms with Crippen LogP contribution >= 0.6 is 0 Å². The molecule has 1 aromatic heterocycles. The lowest BCUT2D eigenvalue weighted by Crippen LogP contribution is -2.43. The van der Waals surface area contributed by atoms with Gasteiger partial charge in [-0.05, 0) is 42.5 Å². The zero-order valence-corrected chi connectivity index (χ0v) is 23.0. The number of nitrogens with zero attached hydrogens (tertiary/aromatic N) is 4. The van der Waals surface area contributed by atoms with Crippen molar-refractivity contribution >= 4 is 17.6 Å². The van der Waals surface area contributed by atoms with E-state index < -0.39 is 41.5 Å². The third-order valence-corrected chi connectivity index (χ3v) is 9.19. The highest BCUT2D eigenvalue weighted by molar-refractivity contribution is 6.03. The van der Waals surface area contributed by atoms with E-state index in [1.807, 2.05) is 27.7 Å². The molecular formula is C31H30F2N6O3. The minimum absolute atomic E-state index is 0.135. The first kappa shape index (κ1) is 26.6. The molecule has 1 amide bonds. The SMILES string of the molecule is CNC(=O)C12CC1C(n1cnc3c1N(C)C(C#Cc1ccc(F)c(F)c1)N=C3NC1CC1c1ccccc1)C(O)C2O. The average Bonchev–Trinajstić information content (AvgIpc) is 3.87. The van der Waals surface area contributed by atoms with Crippen LogP contribution in [0.15, 0.2) is 59.9 Å². The predicted molar refractivity (Wildman–Crippen MR) is 151 cm³/mol. The molecule has 7 rings (SSSR count). The Labute approximate surface area is 241 Å². The van der Waals surface area contributed by atoms with Gasteiger partial charge in [-0.2, -0.15) is 0 Å². The standard InChI is InChI=1S/C31H30F2N6O3/c1-34-30(42)31-14-19(31)25(26(40)27(31)41)39-15-35-24-28(36-22-13-18(22)17-6-4-3-5-7-17)37-23(38(2)29(24)39)11-9-16-8-10-20(32)21(33)12-16/h3-8,10,12,15,18-19,22-23,25-27,40-41H,13-14H2,1-2H3,(H,34,42)(H,36,37). The molecule has 1 aliphatic heterocycles. The Kier molecular flexibility index (Phi) is 6.11. The van der Waals surface area contributed by atoms with Gasteiger partial charge in [0.2, 0.25) is 5.91 Å². The number of halogens is 2. The summed E-state index contributed by atoms with van der Waals surface area (Å²) in [4.78, 5) is 24.1. The Morgan fingerprint density at radius 2 is 1.93 bits per heavy atom. The summed E-state index contributed by atoms with van der Waals surface area (Å²) in [6.45, 7) is 0. The van der Waals surface area contributed by atoms with Crippen molar-refractivity contribution in [3.05, 3.63) is 83.3 Å². The number of hydrogen-bond acceptors (Lipinski definition) is 7. The van der Waals surface area contributed by atoms with Gasteiger partial charge in [0.1, 0.15) is 17.6 Å². The number of amidine groups is 1. The van der Waals surface area contributed by atoms with Crippen molar-refractivity contribution < 1.29 is 23.8 Å². The summed E-state index contributed by atoms with van der Waals surface area (Å²) in [6.07, 6.45) is -0.128. The van der Waals surface area contributed by atoms with E-state index >= 15 is 0 Å². The maximum atomic E-state index is 13.8. The van der Waals surface area contributed by atoms with Gasteiger partial charge >= 0.3 is 0 Å². The number of rotatable bonds is 4. The number of amides is 1. The number of benzene rings is 2. The monoisotopic (exact) mass is 572 g/mol. The number of aliphatic imine (C=N–C) groups is 1. The third-order valence-electron chi connectivity index (χ3n) is 9.19. The van der Waals surface area contributed by atoms with E-state index in [1.54, 1.807) is 13.4 Å². The Balaban J connectivity index is 1.25. The van der Waals surface area contributed by atoms with Crippen LogP contribution < -0.4 is 15.5 Å². The summed E-state index contributed by atoms with van der Waals surface area (Å²) >= 11 is 0. The van der Waals surface area contributed by atoms with Crippen LogP contribution in [0.1, 0.15) is 41.6 Å². The zero-order valence-electron chi connectivity index (χ0n) is 23.0. The third kappa shape index (κ3) is 4.01. The Bertz CT molecular complexity index is 1670. The number of aromatic nitrogens is 2. The minimum Gasteiger partial charge on any atom is -0.389 e. The second-order valence-corrected chi connectivity index (χ2v) is 11.5. The molecule has 42 heavy (non-hydrogen) atoms. The van der Waals surface area contributed by atoms with Crippen molar-refractivity contribution in [1.82, 2.24) is 20.2 Å². The minimum atomic E-state index is -1.22. The fourth-order valence-corrected chi connectivity index (χ4v) is 6.82. The molecule has 0 spiro atoms. The van der Waals surface area contributed by atoms with Crippen molar-refractivity contribution in [3.63, 3.8) is 0 Å². The van der Waals surface area contributed by atoms with Crippen LogP contribution in [0.5, 0.6) is 0 Å². The molecule has 11 heteroatoms. The van der Waals surface area contributed by atoms with E-state index in [9.17, 15) is 23.8 Å². The lowest BCUT2D eigenvalue weighted by molar-refractivity contribution is -0.132. The Morgan fingerprint density at radius 1 is 1.14 bits per heavy atom. The molecule has 3 aromatic rings. The molecule has 4 aliphatic rings. The maximum Gasteiger partial charge on any atom is 0.229 e. The van der Waals surface area contributed by atoms with Crippen molar-refractivity contribution in [2.75, 3.05) is 19.0 Å². The van der Waals surface area contributed by atoms with Crippen LogP contribution in [0, 0.1) is 34.8 Å². The Morgan fingerprint density at radius 3 is 2.67 bits per heavy atom. The molecule has 216 valence electrons. The van der Waals surface area contributed by atoms with E-state index in [2.05, 4.69) is 39.6 Å². The highest BCUT2D eigenvalue weighted by atomic mass is 19.2. The molecule has 3 aliphatic carbocycles. The molecule has 2 aromatic carbocycles. The number of carbonyl (C=O) groups is 1. The highest BCUT2D eigenvalue weighted by Crippen LogP contribution is 2.68. The first-order chi connectivity index (χ1) is 20.2. The molecule has 8 atom stereocenters. The normalized spacial score (nSPS) is 32.2. The van der Waals surface area contributed by atoms with Crippen LogP contribution in [0.4, 0.5) is 14.6 Å². The van der Waals surface area contributed by atoms with Crippen molar-refractivity contribution in [2.24, 2.45) is 16.3 Å². The summed E-state index contributed by atoms with van der Waals surface area (Å²) in [7, 11) is 3.32. The number of aliphatic hydroxyl groups excluding tert-OH is 2. The maximum absolute atomic E-state index is 13.8. The molecule has 0 radical (unpaired) electrons. The second-order valence-electron chi connectivity index (χ2n) is 11.5. The van der Waals surface area contributed by atoms with Gasteiger partial charge < -0.3 is 30.3 Å². The number of imidazole rings is 1. The van der Waals surface area contributed by atoms with Crippen LogP contribution in [-0.4, -0.2) is 70.0 Å². The van der Waals surface area contributed by atoms with E-state index in [-0.39, 0.29) is 17.9 Å². The average molecular weight is 573 g/mol. The van der Waals surface area contributed by atoms with E-state index in [0.29, 0.717) is 35.2 Å². The molecule has 4 N–H and O–H groups in total. The van der Waals surface area contributed by atoms with Gasteiger partial charge in [-0.25, -0.2) is 18.8 Å². The number of carbonyl (C=O) groups excluding carboxylic acids is 1. The molecular weight excluding hydrogens is 542 g/mol. The van der Waals surface area contributed by atoms with Gasteiger partial charge in [0.25, 0.3) is 0 Å². The summed E-state index contributed by atoms with van der Waals surface area (Å²) in [6, 6.07) is 13.2. The van der Waals surface area contributed by atoms with E-state index in [0.717, 1.165) is 18.6 Å². The van der Waals surface area contributed by atoms with Crippen LogP contribution in [0.25, 0.3) is 0 Å². The number of nitrogens with one attached hydrogen (secondary N) is 2. The molecule has 3 fully saturated rings. The van der Waals surface area contributed by atoms with Crippen molar-refractivity contribution in [3.8, 4) is 11.8 Å². The molecule has 8 unspecified atom stereocenters. The Hall–Kier alpha value is -4.27. The lowest BCUT2D eigenvalue weighted by Gasteiger charge is -2.33. The number of fused-ring (bicyclic) bond motifs is 2. The van der Waals surface area contributed by atoms with Crippen molar-refractivity contribution in [1.29, 1.82) is 0 Å². The quantitative estimate of drug-likeness (QED) is 0.355. The molecule has 2 heterocycles. The largest absolute Gasteiger partial charge is 0.389 e. The smallest absolute Gasteiger partial charge is 0.229 e. The van der Waals surface area contributed by atoms with E-state index in [1.165, 1.54) is 18.7 Å².